The first-order chi connectivity index (χ1) is 5.79. The maximum atomic E-state index is 9.59. The number of nitrogens with zero attached hydrogens (tertiary/aromatic N) is 2. The van der Waals surface area contributed by atoms with E-state index in [1.54, 1.807) is 18.6 Å². The zero-order valence-electron chi connectivity index (χ0n) is 7.27. The van der Waals surface area contributed by atoms with Crippen LogP contribution in [0.5, 0.6) is 0 Å². The molecule has 0 saturated carbocycles. The first-order valence-electron chi connectivity index (χ1n) is 4.08. The van der Waals surface area contributed by atoms with Gasteiger partial charge in [-0.2, -0.15) is 0 Å². The molecule has 66 valence electrons. The predicted molar refractivity (Wildman–Crippen MR) is 47.7 cm³/mol. The largest absolute Gasteiger partial charge is 0.387 e. The van der Waals surface area contributed by atoms with Gasteiger partial charge in [-0.05, 0) is 13.3 Å². The number of aliphatic hydroxyl groups is 1. The van der Waals surface area contributed by atoms with Crippen LogP contribution < -0.4 is 0 Å². The quantitative estimate of drug-likeness (QED) is 0.688. The summed E-state index contributed by atoms with van der Waals surface area (Å²) < 4.78 is 1.92. The van der Waals surface area contributed by atoms with Crippen molar-refractivity contribution >= 4 is 0 Å². The van der Waals surface area contributed by atoms with Crippen molar-refractivity contribution < 1.29 is 5.11 Å². The second kappa shape index (κ2) is 4.07. The van der Waals surface area contributed by atoms with Crippen molar-refractivity contribution in [3.05, 3.63) is 30.9 Å². The van der Waals surface area contributed by atoms with Crippen LogP contribution in [0.25, 0.3) is 0 Å². The number of rotatable bonds is 4. The summed E-state index contributed by atoms with van der Waals surface area (Å²) in [5, 5.41) is 9.59. The maximum absolute atomic E-state index is 9.59. The van der Waals surface area contributed by atoms with Gasteiger partial charge >= 0.3 is 0 Å². The van der Waals surface area contributed by atoms with Crippen molar-refractivity contribution in [3.8, 4) is 0 Å². The molecule has 0 bridgehead atoms. The van der Waals surface area contributed by atoms with Gasteiger partial charge < -0.3 is 9.67 Å². The zero-order valence-corrected chi connectivity index (χ0v) is 7.27. The number of aliphatic hydroxyl groups excluding tert-OH is 1. The molecule has 0 aromatic carbocycles. The Morgan fingerprint density at radius 2 is 2.58 bits per heavy atom. The molecular weight excluding hydrogens is 152 g/mol. The fraction of sp³-hybridized carbons (Fsp3) is 0.444. The van der Waals surface area contributed by atoms with E-state index in [9.17, 15) is 5.11 Å². The topological polar surface area (TPSA) is 38.1 Å². The van der Waals surface area contributed by atoms with Crippen LogP contribution in [-0.2, 0) is 6.54 Å². The second-order valence-corrected chi connectivity index (χ2v) is 2.64. The third kappa shape index (κ3) is 1.74. The molecule has 0 aliphatic heterocycles. The first-order valence-corrected chi connectivity index (χ1v) is 4.08. The van der Waals surface area contributed by atoms with Gasteiger partial charge in [0.25, 0.3) is 0 Å². The van der Waals surface area contributed by atoms with Gasteiger partial charge in [-0.3, -0.25) is 0 Å². The monoisotopic (exact) mass is 166 g/mol. The van der Waals surface area contributed by atoms with Crippen molar-refractivity contribution in [2.45, 2.75) is 26.0 Å². The van der Waals surface area contributed by atoms with Gasteiger partial charge in [-0.1, -0.05) is 6.08 Å². The van der Waals surface area contributed by atoms with Crippen LogP contribution in [0, 0.1) is 0 Å². The van der Waals surface area contributed by atoms with E-state index in [1.807, 2.05) is 11.5 Å². The van der Waals surface area contributed by atoms with E-state index in [2.05, 4.69) is 11.6 Å². The standard InChI is InChI=1S/C9H14N2O/c1-3-5-9(12)8-6-10-7-11(8)4-2/h3,6-7,9,12H,1,4-5H2,2H3. The van der Waals surface area contributed by atoms with Gasteiger partial charge in [-0.25, -0.2) is 4.98 Å². The molecule has 12 heavy (non-hydrogen) atoms. The summed E-state index contributed by atoms with van der Waals surface area (Å²) in [6, 6.07) is 0. The summed E-state index contributed by atoms with van der Waals surface area (Å²) in [6.07, 6.45) is 5.23. The molecule has 1 aromatic rings. The first kappa shape index (κ1) is 9.00. The Balaban J connectivity index is 2.78. The van der Waals surface area contributed by atoms with Crippen molar-refractivity contribution in [1.29, 1.82) is 0 Å². The highest BCUT2D eigenvalue weighted by Gasteiger charge is 2.09. The SMILES string of the molecule is C=CCC(O)c1cncn1CC. The van der Waals surface area contributed by atoms with E-state index in [-0.39, 0.29) is 0 Å². The molecule has 0 radical (unpaired) electrons. The highest BCUT2D eigenvalue weighted by atomic mass is 16.3. The van der Waals surface area contributed by atoms with E-state index < -0.39 is 6.10 Å². The zero-order chi connectivity index (χ0) is 8.97. The average molecular weight is 166 g/mol. The summed E-state index contributed by atoms with van der Waals surface area (Å²) >= 11 is 0. The molecule has 0 saturated heterocycles. The molecule has 0 aliphatic rings. The molecule has 1 aromatic heterocycles. The number of aryl methyl sites for hydroxylation is 1. The number of aromatic nitrogens is 2. The van der Waals surface area contributed by atoms with Gasteiger partial charge in [0.05, 0.1) is 24.3 Å². The van der Waals surface area contributed by atoms with Gasteiger partial charge in [-0.15, -0.1) is 6.58 Å². The van der Waals surface area contributed by atoms with Gasteiger partial charge in [0.15, 0.2) is 0 Å². The molecule has 1 rings (SSSR count). The summed E-state index contributed by atoms with van der Waals surface area (Å²) in [5.74, 6) is 0. The van der Waals surface area contributed by atoms with Gasteiger partial charge in [0, 0.05) is 6.54 Å². The van der Waals surface area contributed by atoms with E-state index >= 15 is 0 Å². The van der Waals surface area contributed by atoms with Crippen LogP contribution >= 0.6 is 0 Å². The lowest BCUT2D eigenvalue weighted by Crippen LogP contribution is -2.04. The molecule has 0 aliphatic carbocycles. The smallest absolute Gasteiger partial charge is 0.0989 e. The number of hydrogen-bond acceptors (Lipinski definition) is 2. The van der Waals surface area contributed by atoms with Crippen LogP contribution in [0.3, 0.4) is 0 Å². The van der Waals surface area contributed by atoms with Crippen LogP contribution in [0.15, 0.2) is 25.2 Å². The predicted octanol–water partition coefficient (Wildman–Crippen LogP) is 1.51. The van der Waals surface area contributed by atoms with Crippen molar-refractivity contribution in [2.24, 2.45) is 0 Å². The lowest BCUT2D eigenvalue weighted by Gasteiger charge is -2.09. The van der Waals surface area contributed by atoms with Crippen LogP contribution in [-0.4, -0.2) is 14.7 Å². The minimum absolute atomic E-state index is 0.468. The molecule has 1 atom stereocenters. The lowest BCUT2D eigenvalue weighted by atomic mass is 10.2. The molecular formula is C9H14N2O. The normalized spacial score (nSPS) is 12.8. The Bertz CT molecular complexity index is 255. The highest BCUT2D eigenvalue weighted by Crippen LogP contribution is 2.15. The Kier molecular flexibility index (Phi) is 3.05. The van der Waals surface area contributed by atoms with Crippen LogP contribution in [0.1, 0.15) is 25.1 Å². The second-order valence-electron chi connectivity index (χ2n) is 2.64. The fourth-order valence-electron chi connectivity index (χ4n) is 1.15. The third-order valence-electron chi connectivity index (χ3n) is 1.82. The van der Waals surface area contributed by atoms with Crippen LogP contribution in [0.2, 0.25) is 0 Å². The van der Waals surface area contributed by atoms with Crippen molar-refractivity contribution in [3.63, 3.8) is 0 Å². The molecule has 0 amide bonds. The Hall–Kier alpha value is -1.09. The molecule has 1 unspecified atom stereocenters. The van der Waals surface area contributed by atoms with E-state index in [1.165, 1.54) is 0 Å². The number of imidazole rings is 1. The average Bonchev–Trinajstić information content (AvgIpc) is 2.51. The fourth-order valence-corrected chi connectivity index (χ4v) is 1.15. The van der Waals surface area contributed by atoms with Crippen molar-refractivity contribution in [2.75, 3.05) is 0 Å². The highest BCUT2D eigenvalue weighted by molar-refractivity contribution is 5.03. The summed E-state index contributed by atoms with van der Waals surface area (Å²) in [6.45, 7) is 6.43. The maximum Gasteiger partial charge on any atom is 0.0989 e. The van der Waals surface area contributed by atoms with E-state index in [0.29, 0.717) is 6.42 Å². The number of hydrogen-bond donors (Lipinski definition) is 1. The van der Waals surface area contributed by atoms with Gasteiger partial charge in [0.1, 0.15) is 0 Å². The van der Waals surface area contributed by atoms with E-state index in [0.717, 1.165) is 12.2 Å². The molecule has 1 N–H and O–H groups in total. The lowest BCUT2D eigenvalue weighted by molar-refractivity contribution is 0.172. The molecule has 0 spiro atoms. The third-order valence-corrected chi connectivity index (χ3v) is 1.82. The Labute approximate surface area is 72.4 Å². The summed E-state index contributed by atoms with van der Waals surface area (Å²) in [7, 11) is 0. The van der Waals surface area contributed by atoms with Crippen LogP contribution in [0.4, 0.5) is 0 Å². The minimum Gasteiger partial charge on any atom is -0.387 e. The Morgan fingerprint density at radius 1 is 1.83 bits per heavy atom. The Morgan fingerprint density at radius 3 is 3.17 bits per heavy atom. The minimum atomic E-state index is -0.468. The summed E-state index contributed by atoms with van der Waals surface area (Å²) in [4.78, 5) is 3.96. The molecule has 0 fully saturated rings. The van der Waals surface area contributed by atoms with Crippen molar-refractivity contribution in [1.82, 2.24) is 9.55 Å². The van der Waals surface area contributed by atoms with Gasteiger partial charge in [0.2, 0.25) is 0 Å². The molecule has 3 heteroatoms. The molecule has 3 nitrogen and oxygen atoms in total. The summed E-state index contributed by atoms with van der Waals surface area (Å²) in [5.41, 5.74) is 0.859. The molecule has 1 heterocycles. The van der Waals surface area contributed by atoms with E-state index in [4.69, 9.17) is 0 Å².